The maximum Gasteiger partial charge on any atom is 0.316 e. The highest BCUT2D eigenvalue weighted by Gasteiger charge is 2.12. The van der Waals surface area contributed by atoms with Gasteiger partial charge in [0.05, 0.1) is 6.04 Å². The van der Waals surface area contributed by atoms with Gasteiger partial charge in [-0.05, 0) is 55.3 Å². The van der Waals surface area contributed by atoms with Crippen LogP contribution in [-0.4, -0.2) is 25.5 Å². The standard InChI is InChI=1S/C21H28N4O2/c1-4-5-14-25(3)19-12-8-17(9-13-19)20(26)23-15(2)16-6-10-18(11-7-16)24-21(22)27/h6-13,15H,4-5,14H2,1-3H3,(H,23,26)(H3,22,24,27). The molecule has 0 heterocycles. The number of rotatable bonds is 8. The second kappa shape index (κ2) is 9.62. The Balaban J connectivity index is 1.96. The number of nitrogens with two attached hydrogens (primary N) is 1. The molecule has 0 fully saturated rings. The van der Waals surface area contributed by atoms with Crippen molar-refractivity contribution in [1.82, 2.24) is 5.32 Å². The largest absolute Gasteiger partial charge is 0.375 e. The molecule has 6 heteroatoms. The number of nitrogens with one attached hydrogen (secondary N) is 2. The van der Waals surface area contributed by atoms with Crippen LogP contribution in [0.4, 0.5) is 16.2 Å². The van der Waals surface area contributed by atoms with E-state index in [0.717, 1.165) is 30.6 Å². The minimum Gasteiger partial charge on any atom is -0.375 e. The average molecular weight is 368 g/mol. The van der Waals surface area contributed by atoms with Crippen molar-refractivity contribution < 1.29 is 9.59 Å². The van der Waals surface area contributed by atoms with Gasteiger partial charge in [-0.15, -0.1) is 0 Å². The van der Waals surface area contributed by atoms with Crippen molar-refractivity contribution in [2.45, 2.75) is 32.7 Å². The Kier molecular flexibility index (Phi) is 7.23. The van der Waals surface area contributed by atoms with Gasteiger partial charge in [0.2, 0.25) is 0 Å². The van der Waals surface area contributed by atoms with Crippen LogP contribution in [0.25, 0.3) is 0 Å². The van der Waals surface area contributed by atoms with Crippen LogP contribution >= 0.6 is 0 Å². The lowest BCUT2D eigenvalue weighted by Gasteiger charge is -2.19. The van der Waals surface area contributed by atoms with Gasteiger partial charge < -0.3 is 21.3 Å². The molecule has 0 aliphatic rings. The van der Waals surface area contributed by atoms with E-state index in [0.29, 0.717) is 11.3 Å². The SMILES string of the molecule is CCCCN(C)c1ccc(C(=O)NC(C)c2ccc(NC(N)=O)cc2)cc1. The summed E-state index contributed by atoms with van der Waals surface area (Å²) in [5.74, 6) is -0.121. The van der Waals surface area contributed by atoms with Crippen LogP contribution in [0.2, 0.25) is 0 Å². The zero-order valence-corrected chi connectivity index (χ0v) is 16.2. The monoisotopic (exact) mass is 368 g/mol. The predicted molar refractivity (Wildman–Crippen MR) is 110 cm³/mol. The zero-order valence-electron chi connectivity index (χ0n) is 16.2. The zero-order chi connectivity index (χ0) is 19.8. The van der Waals surface area contributed by atoms with E-state index in [1.54, 1.807) is 12.1 Å². The van der Waals surface area contributed by atoms with Gasteiger partial charge in [-0.2, -0.15) is 0 Å². The summed E-state index contributed by atoms with van der Waals surface area (Å²) >= 11 is 0. The fourth-order valence-electron chi connectivity index (χ4n) is 2.75. The summed E-state index contributed by atoms with van der Waals surface area (Å²) in [6, 6.07) is 14.1. The number of amides is 3. The number of nitrogens with zero attached hydrogens (tertiary/aromatic N) is 1. The lowest BCUT2D eigenvalue weighted by Crippen LogP contribution is -2.26. The van der Waals surface area contributed by atoms with Crippen molar-refractivity contribution in [2.75, 3.05) is 23.8 Å². The molecule has 6 nitrogen and oxygen atoms in total. The Morgan fingerprint density at radius 3 is 2.26 bits per heavy atom. The number of carbonyl (C=O) groups is 2. The molecule has 2 aromatic rings. The Morgan fingerprint density at radius 2 is 1.70 bits per heavy atom. The second-order valence-electron chi connectivity index (χ2n) is 6.63. The highest BCUT2D eigenvalue weighted by Crippen LogP contribution is 2.18. The molecule has 0 bridgehead atoms. The molecule has 0 aliphatic heterocycles. The molecule has 0 radical (unpaired) electrons. The molecule has 2 aromatic carbocycles. The maximum absolute atomic E-state index is 12.5. The smallest absolute Gasteiger partial charge is 0.316 e. The van der Waals surface area contributed by atoms with Crippen LogP contribution < -0.4 is 21.3 Å². The topological polar surface area (TPSA) is 87.5 Å². The van der Waals surface area contributed by atoms with Crippen LogP contribution in [0, 0.1) is 0 Å². The van der Waals surface area contributed by atoms with Crippen LogP contribution in [0.3, 0.4) is 0 Å². The maximum atomic E-state index is 12.5. The van der Waals surface area contributed by atoms with Crippen LogP contribution in [0.5, 0.6) is 0 Å². The third kappa shape index (κ3) is 6.02. The van der Waals surface area contributed by atoms with Crippen molar-refractivity contribution >= 4 is 23.3 Å². The van der Waals surface area contributed by atoms with E-state index in [1.807, 2.05) is 43.3 Å². The average Bonchev–Trinajstić information content (AvgIpc) is 2.66. The van der Waals surface area contributed by atoms with Crippen molar-refractivity contribution in [2.24, 2.45) is 5.73 Å². The number of unbranched alkanes of at least 4 members (excludes halogenated alkanes) is 1. The number of hydrogen-bond acceptors (Lipinski definition) is 3. The summed E-state index contributed by atoms with van der Waals surface area (Å²) in [6.07, 6.45) is 2.30. The first-order valence-electron chi connectivity index (χ1n) is 9.19. The second-order valence-corrected chi connectivity index (χ2v) is 6.63. The van der Waals surface area contributed by atoms with Gasteiger partial charge in [0.1, 0.15) is 0 Å². The Bertz CT molecular complexity index is 757. The quantitative estimate of drug-likeness (QED) is 0.660. The minimum atomic E-state index is -0.604. The molecule has 0 spiro atoms. The first-order valence-corrected chi connectivity index (χ1v) is 9.19. The molecule has 2 rings (SSSR count). The Morgan fingerprint density at radius 1 is 1.07 bits per heavy atom. The molecule has 3 amide bonds. The van der Waals surface area contributed by atoms with Gasteiger partial charge in [-0.1, -0.05) is 25.5 Å². The third-order valence-corrected chi connectivity index (χ3v) is 4.44. The van der Waals surface area contributed by atoms with Crippen molar-refractivity contribution in [3.8, 4) is 0 Å². The van der Waals surface area contributed by atoms with E-state index < -0.39 is 6.03 Å². The molecule has 1 atom stereocenters. The van der Waals surface area contributed by atoms with E-state index in [1.165, 1.54) is 0 Å². The normalized spacial score (nSPS) is 11.5. The first-order chi connectivity index (χ1) is 12.9. The van der Waals surface area contributed by atoms with E-state index in [2.05, 4.69) is 29.5 Å². The lowest BCUT2D eigenvalue weighted by atomic mass is 10.1. The lowest BCUT2D eigenvalue weighted by molar-refractivity contribution is 0.0940. The van der Waals surface area contributed by atoms with Gasteiger partial charge in [-0.25, -0.2) is 4.79 Å². The number of carbonyl (C=O) groups excluding carboxylic acids is 2. The number of primary amides is 1. The highest BCUT2D eigenvalue weighted by atomic mass is 16.2. The fourth-order valence-corrected chi connectivity index (χ4v) is 2.75. The van der Waals surface area contributed by atoms with Crippen molar-refractivity contribution in [3.05, 3.63) is 59.7 Å². The van der Waals surface area contributed by atoms with E-state index in [-0.39, 0.29) is 11.9 Å². The Hall–Kier alpha value is -3.02. The van der Waals surface area contributed by atoms with Crippen molar-refractivity contribution in [1.29, 1.82) is 0 Å². The third-order valence-electron chi connectivity index (χ3n) is 4.44. The molecule has 0 saturated heterocycles. The molecule has 0 aromatic heterocycles. The van der Waals surface area contributed by atoms with E-state index in [9.17, 15) is 9.59 Å². The molecule has 4 N–H and O–H groups in total. The molecule has 144 valence electrons. The Labute approximate surface area is 160 Å². The van der Waals surface area contributed by atoms with Gasteiger partial charge in [0, 0.05) is 30.5 Å². The van der Waals surface area contributed by atoms with Gasteiger partial charge in [0.25, 0.3) is 5.91 Å². The van der Waals surface area contributed by atoms with E-state index in [4.69, 9.17) is 5.73 Å². The summed E-state index contributed by atoms with van der Waals surface area (Å²) < 4.78 is 0. The van der Waals surface area contributed by atoms with Gasteiger partial charge in [-0.3, -0.25) is 4.79 Å². The summed E-state index contributed by atoms with van der Waals surface area (Å²) in [5.41, 5.74) is 8.38. The molecular formula is C21H28N4O2. The predicted octanol–water partition coefficient (Wildman–Crippen LogP) is 3.90. The van der Waals surface area contributed by atoms with Crippen LogP contribution in [0.1, 0.15) is 48.7 Å². The molecule has 0 aliphatic carbocycles. The fraction of sp³-hybridized carbons (Fsp3) is 0.333. The summed E-state index contributed by atoms with van der Waals surface area (Å²) in [5, 5.41) is 5.50. The molecule has 0 saturated carbocycles. The number of hydrogen-bond donors (Lipinski definition) is 3. The van der Waals surface area contributed by atoms with Crippen LogP contribution in [0.15, 0.2) is 48.5 Å². The van der Waals surface area contributed by atoms with Gasteiger partial charge >= 0.3 is 6.03 Å². The number of urea groups is 1. The number of benzene rings is 2. The summed E-state index contributed by atoms with van der Waals surface area (Å²) in [4.78, 5) is 25.5. The van der Waals surface area contributed by atoms with Gasteiger partial charge in [0.15, 0.2) is 0 Å². The molecule has 27 heavy (non-hydrogen) atoms. The van der Waals surface area contributed by atoms with Crippen molar-refractivity contribution in [3.63, 3.8) is 0 Å². The minimum absolute atomic E-state index is 0.121. The van der Waals surface area contributed by atoms with Crippen LogP contribution in [-0.2, 0) is 0 Å². The number of anilines is 2. The summed E-state index contributed by atoms with van der Waals surface area (Å²) in [7, 11) is 2.06. The highest BCUT2D eigenvalue weighted by molar-refractivity contribution is 5.94. The van der Waals surface area contributed by atoms with E-state index >= 15 is 0 Å². The first kappa shape index (κ1) is 20.3. The molecule has 1 unspecified atom stereocenters. The molecular weight excluding hydrogens is 340 g/mol. The summed E-state index contributed by atoms with van der Waals surface area (Å²) in [6.45, 7) is 5.09.